The van der Waals surface area contributed by atoms with Gasteiger partial charge in [0.25, 0.3) is 0 Å². The highest BCUT2D eigenvalue weighted by Crippen LogP contribution is 2.18. The molecule has 0 radical (unpaired) electrons. The van der Waals surface area contributed by atoms with E-state index in [2.05, 4.69) is 27.3 Å². The van der Waals surface area contributed by atoms with Gasteiger partial charge in [-0.15, -0.1) is 24.0 Å². The average molecular weight is 431 g/mol. The fourth-order valence-electron chi connectivity index (χ4n) is 1.52. The van der Waals surface area contributed by atoms with Crippen LogP contribution in [-0.4, -0.2) is 32.3 Å². The second kappa shape index (κ2) is 10.5. The first-order chi connectivity index (χ1) is 9.94. The number of benzene rings is 1. The van der Waals surface area contributed by atoms with Crippen molar-refractivity contribution in [3.8, 4) is 5.75 Å². The second-order valence-electron chi connectivity index (χ2n) is 4.40. The molecule has 126 valence electrons. The number of alkyl halides is 3. The molecule has 2 N–H and O–H groups in total. The lowest BCUT2D eigenvalue weighted by atomic mass is 10.2. The van der Waals surface area contributed by atoms with E-state index in [1.54, 1.807) is 19.2 Å². The Balaban J connectivity index is 0.00000441. The molecule has 8 heteroatoms. The molecule has 0 unspecified atom stereocenters. The molecule has 0 atom stereocenters. The van der Waals surface area contributed by atoms with Crippen molar-refractivity contribution in [1.82, 2.24) is 10.6 Å². The van der Waals surface area contributed by atoms with Crippen molar-refractivity contribution in [3.63, 3.8) is 0 Å². The summed E-state index contributed by atoms with van der Waals surface area (Å²) in [5.74, 6) is 0.888. The summed E-state index contributed by atoms with van der Waals surface area (Å²) in [4.78, 5) is 4.06. The molecule has 0 aliphatic rings. The van der Waals surface area contributed by atoms with Crippen molar-refractivity contribution in [2.75, 3.05) is 20.2 Å². The van der Waals surface area contributed by atoms with Gasteiger partial charge < -0.3 is 15.4 Å². The SMILES string of the molecule is CCCNC(=NC)NCc1ccc(OCC(F)(F)F)cc1.I. The summed E-state index contributed by atoms with van der Waals surface area (Å²) < 4.78 is 40.7. The van der Waals surface area contributed by atoms with Crippen molar-refractivity contribution in [2.45, 2.75) is 26.1 Å². The van der Waals surface area contributed by atoms with Crippen LogP contribution in [0.1, 0.15) is 18.9 Å². The van der Waals surface area contributed by atoms with Crippen LogP contribution in [0, 0.1) is 0 Å². The smallest absolute Gasteiger partial charge is 0.422 e. The first-order valence-corrected chi connectivity index (χ1v) is 6.67. The zero-order chi connectivity index (χ0) is 15.7. The lowest BCUT2D eigenvalue weighted by molar-refractivity contribution is -0.153. The molecule has 0 bridgehead atoms. The molecule has 4 nitrogen and oxygen atoms in total. The van der Waals surface area contributed by atoms with E-state index in [0.717, 1.165) is 18.5 Å². The molecular formula is C14H21F3IN3O. The Morgan fingerprint density at radius 3 is 2.32 bits per heavy atom. The van der Waals surface area contributed by atoms with Gasteiger partial charge in [0.2, 0.25) is 0 Å². The number of nitrogens with one attached hydrogen (secondary N) is 2. The molecule has 0 heterocycles. The fraction of sp³-hybridized carbons (Fsp3) is 0.500. The van der Waals surface area contributed by atoms with E-state index in [4.69, 9.17) is 0 Å². The van der Waals surface area contributed by atoms with Gasteiger partial charge in [0, 0.05) is 20.1 Å². The second-order valence-corrected chi connectivity index (χ2v) is 4.40. The maximum atomic E-state index is 12.0. The number of ether oxygens (including phenoxy) is 1. The van der Waals surface area contributed by atoms with E-state index in [-0.39, 0.29) is 29.7 Å². The minimum absolute atomic E-state index is 0. The molecule has 1 rings (SSSR count). The van der Waals surface area contributed by atoms with Gasteiger partial charge in [-0.25, -0.2) is 0 Å². The van der Waals surface area contributed by atoms with E-state index in [0.29, 0.717) is 12.5 Å². The molecule has 1 aromatic carbocycles. The first-order valence-electron chi connectivity index (χ1n) is 6.67. The molecule has 0 amide bonds. The highest BCUT2D eigenvalue weighted by Gasteiger charge is 2.28. The summed E-state index contributed by atoms with van der Waals surface area (Å²) in [7, 11) is 1.68. The van der Waals surface area contributed by atoms with Crippen molar-refractivity contribution in [2.24, 2.45) is 4.99 Å². The molecule has 1 aromatic rings. The molecule has 0 saturated carbocycles. The Morgan fingerprint density at radius 2 is 1.82 bits per heavy atom. The number of halogens is 4. The van der Waals surface area contributed by atoms with Gasteiger partial charge in [0.05, 0.1) is 0 Å². The summed E-state index contributed by atoms with van der Waals surface area (Å²) in [5.41, 5.74) is 0.925. The molecule has 0 saturated heterocycles. The predicted molar refractivity (Wildman–Crippen MR) is 91.9 cm³/mol. The molecular weight excluding hydrogens is 410 g/mol. The van der Waals surface area contributed by atoms with Crippen molar-refractivity contribution in [1.29, 1.82) is 0 Å². The van der Waals surface area contributed by atoms with Gasteiger partial charge in [-0.3, -0.25) is 4.99 Å². The molecule has 0 spiro atoms. The lowest BCUT2D eigenvalue weighted by Gasteiger charge is -2.12. The maximum absolute atomic E-state index is 12.0. The number of rotatable bonds is 6. The maximum Gasteiger partial charge on any atom is 0.422 e. The monoisotopic (exact) mass is 431 g/mol. The van der Waals surface area contributed by atoms with Crippen LogP contribution in [0.25, 0.3) is 0 Å². The molecule has 0 aliphatic heterocycles. The van der Waals surface area contributed by atoms with Gasteiger partial charge in [-0.05, 0) is 24.1 Å². The molecule has 0 aromatic heterocycles. The third-order valence-electron chi connectivity index (χ3n) is 2.55. The van der Waals surface area contributed by atoms with Crippen molar-refractivity contribution < 1.29 is 17.9 Å². The van der Waals surface area contributed by atoms with Crippen LogP contribution in [0.4, 0.5) is 13.2 Å². The highest BCUT2D eigenvalue weighted by molar-refractivity contribution is 14.0. The van der Waals surface area contributed by atoms with E-state index in [1.807, 2.05) is 0 Å². The molecule has 22 heavy (non-hydrogen) atoms. The Bertz CT molecular complexity index is 450. The third-order valence-corrected chi connectivity index (χ3v) is 2.55. The number of aliphatic imine (C=N–C) groups is 1. The number of guanidine groups is 1. The summed E-state index contributed by atoms with van der Waals surface area (Å²) in [6, 6.07) is 6.47. The Morgan fingerprint density at radius 1 is 1.18 bits per heavy atom. The zero-order valence-corrected chi connectivity index (χ0v) is 14.9. The standard InChI is InChI=1S/C14H20F3N3O.HI/c1-3-8-19-13(18-2)20-9-11-4-6-12(7-5-11)21-10-14(15,16)17;/h4-7H,3,8-10H2,1-2H3,(H2,18,19,20);1H. The van der Waals surface area contributed by atoms with Crippen LogP contribution >= 0.6 is 24.0 Å². The summed E-state index contributed by atoms with van der Waals surface area (Å²) in [6.45, 7) is 2.13. The Labute approximate surface area is 145 Å². The summed E-state index contributed by atoms with van der Waals surface area (Å²) in [5, 5.41) is 6.24. The van der Waals surface area contributed by atoms with Crippen LogP contribution < -0.4 is 15.4 Å². The Hall–Kier alpha value is -1.19. The third kappa shape index (κ3) is 8.96. The Kier molecular flexibility index (Phi) is 9.95. The normalized spacial score (nSPS) is 11.6. The van der Waals surface area contributed by atoms with Gasteiger partial charge >= 0.3 is 6.18 Å². The van der Waals surface area contributed by atoms with Crippen LogP contribution in [0.5, 0.6) is 5.75 Å². The van der Waals surface area contributed by atoms with E-state index < -0.39 is 12.8 Å². The average Bonchev–Trinajstić information content (AvgIpc) is 2.46. The summed E-state index contributed by atoms with van der Waals surface area (Å²) >= 11 is 0. The van der Waals surface area contributed by atoms with Crippen LogP contribution in [0.3, 0.4) is 0 Å². The largest absolute Gasteiger partial charge is 0.484 e. The van der Waals surface area contributed by atoms with Gasteiger partial charge in [-0.1, -0.05) is 19.1 Å². The number of hydrogen-bond donors (Lipinski definition) is 2. The minimum atomic E-state index is -4.32. The van der Waals surface area contributed by atoms with Gasteiger partial charge in [0.1, 0.15) is 5.75 Å². The van der Waals surface area contributed by atoms with E-state index in [9.17, 15) is 13.2 Å². The molecule has 0 fully saturated rings. The summed E-state index contributed by atoms with van der Waals surface area (Å²) in [6.07, 6.45) is -3.33. The van der Waals surface area contributed by atoms with Gasteiger partial charge in [-0.2, -0.15) is 13.2 Å². The van der Waals surface area contributed by atoms with Gasteiger partial charge in [0.15, 0.2) is 12.6 Å². The lowest BCUT2D eigenvalue weighted by Crippen LogP contribution is -2.37. The number of hydrogen-bond acceptors (Lipinski definition) is 2. The molecule has 0 aliphatic carbocycles. The minimum Gasteiger partial charge on any atom is -0.484 e. The van der Waals surface area contributed by atoms with E-state index >= 15 is 0 Å². The predicted octanol–water partition coefficient (Wildman–Crippen LogP) is 3.32. The van der Waals surface area contributed by atoms with Crippen LogP contribution in [-0.2, 0) is 6.54 Å². The topological polar surface area (TPSA) is 45.7 Å². The van der Waals surface area contributed by atoms with Crippen molar-refractivity contribution in [3.05, 3.63) is 29.8 Å². The van der Waals surface area contributed by atoms with Crippen LogP contribution in [0.2, 0.25) is 0 Å². The van der Waals surface area contributed by atoms with Crippen molar-refractivity contribution >= 4 is 29.9 Å². The van der Waals surface area contributed by atoms with E-state index in [1.165, 1.54) is 12.1 Å². The van der Waals surface area contributed by atoms with Crippen LogP contribution in [0.15, 0.2) is 29.3 Å². The quantitative estimate of drug-likeness (QED) is 0.413. The highest BCUT2D eigenvalue weighted by atomic mass is 127. The fourth-order valence-corrected chi connectivity index (χ4v) is 1.52. The zero-order valence-electron chi connectivity index (χ0n) is 12.5. The number of nitrogens with zero attached hydrogens (tertiary/aromatic N) is 1. The first kappa shape index (κ1) is 20.8.